The fourth-order valence-electron chi connectivity index (χ4n) is 6.75. The van der Waals surface area contributed by atoms with Crippen LogP contribution in [0.4, 0.5) is 5.69 Å². The molecule has 0 bridgehead atoms. The molecule has 0 radical (unpaired) electrons. The van der Waals surface area contributed by atoms with Gasteiger partial charge in [0, 0.05) is 67.6 Å². The van der Waals surface area contributed by atoms with Crippen LogP contribution in [0, 0.1) is 0 Å². The van der Waals surface area contributed by atoms with Gasteiger partial charge in [0.25, 0.3) is 0 Å². The van der Waals surface area contributed by atoms with Gasteiger partial charge in [-0.15, -0.1) is 0 Å². The van der Waals surface area contributed by atoms with Crippen LogP contribution in [0.3, 0.4) is 0 Å². The average Bonchev–Trinajstić information content (AvgIpc) is 3.19. The molecule has 0 N–H and O–H groups in total. The second-order valence-electron chi connectivity index (χ2n) is 12.4. The Morgan fingerprint density at radius 3 is 1.96 bits per heavy atom. The van der Waals surface area contributed by atoms with E-state index in [0.29, 0.717) is 41.3 Å². The topological polar surface area (TPSA) is 87.6 Å². The van der Waals surface area contributed by atoms with E-state index in [1.807, 2.05) is 61.1 Å². The van der Waals surface area contributed by atoms with Crippen molar-refractivity contribution in [3.63, 3.8) is 0 Å². The predicted octanol–water partition coefficient (Wildman–Crippen LogP) is 7.53. The summed E-state index contributed by atoms with van der Waals surface area (Å²) in [6.45, 7) is 3.53. The van der Waals surface area contributed by atoms with Crippen LogP contribution in [0.1, 0.15) is 24.0 Å². The van der Waals surface area contributed by atoms with Gasteiger partial charge in [-0.3, -0.25) is 14.9 Å². The first-order chi connectivity index (χ1) is 25.0. The van der Waals surface area contributed by atoms with Crippen LogP contribution in [0.2, 0.25) is 0 Å². The van der Waals surface area contributed by atoms with Gasteiger partial charge >= 0.3 is 0 Å². The van der Waals surface area contributed by atoms with E-state index in [4.69, 9.17) is 28.4 Å². The van der Waals surface area contributed by atoms with Gasteiger partial charge in [0.05, 0.1) is 48.4 Å². The molecule has 10 heteroatoms. The third-order valence-electron chi connectivity index (χ3n) is 9.46. The molecule has 6 rings (SSSR count). The number of piperidine rings is 1. The third kappa shape index (κ3) is 8.13. The molecule has 0 saturated carbocycles. The number of methoxy groups -OCH3 is 6. The summed E-state index contributed by atoms with van der Waals surface area (Å²) in [7, 11) is 9.85. The maximum atomic E-state index is 5.62. The van der Waals surface area contributed by atoms with Crippen molar-refractivity contribution < 1.29 is 28.4 Å². The molecule has 0 spiro atoms. The van der Waals surface area contributed by atoms with Crippen LogP contribution in [-0.2, 0) is 13.1 Å². The number of pyridine rings is 2. The summed E-state index contributed by atoms with van der Waals surface area (Å²) in [5.74, 6) is 4.00. The zero-order valence-electron chi connectivity index (χ0n) is 30.2. The predicted molar refractivity (Wildman–Crippen MR) is 200 cm³/mol. The van der Waals surface area contributed by atoms with E-state index in [-0.39, 0.29) is 0 Å². The van der Waals surface area contributed by atoms with E-state index in [1.54, 1.807) is 42.7 Å². The van der Waals surface area contributed by atoms with Gasteiger partial charge in [0.1, 0.15) is 5.75 Å². The lowest BCUT2D eigenvalue weighted by atomic mass is 9.99. The highest BCUT2D eigenvalue weighted by Gasteiger charge is 2.26. The fourth-order valence-corrected chi connectivity index (χ4v) is 6.75. The normalized spacial score (nSPS) is 13.4. The number of anilines is 1. The number of hydrogen-bond acceptors (Lipinski definition) is 10. The Hall–Kier alpha value is -5.48. The number of nitrogens with zero attached hydrogens (tertiary/aromatic N) is 4. The molecule has 266 valence electrons. The minimum absolute atomic E-state index is 0.347. The van der Waals surface area contributed by atoms with Crippen molar-refractivity contribution in [2.45, 2.75) is 32.0 Å². The van der Waals surface area contributed by atoms with Crippen molar-refractivity contribution in [3.05, 3.63) is 103 Å². The van der Waals surface area contributed by atoms with E-state index in [9.17, 15) is 0 Å². The van der Waals surface area contributed by atoms with Gasteiger partial charge in [-0.1, -0.05) is 0 Å². The van der Waals surface area contributed by atoms with Crippen LogP contribution in [0.5, 0.6) is 34.5 Å². The lowest BCUT2D eigenvalue weighted by molar-refractivity contribution is 0.201. The summed E-state index contributed by atoms with van der Waals surface area (Å²) in [5, 5.41) is 0. The third-order valence-corrected chi connectivity index (χ3v) is 9.46. The first kappa shape index (κ1) is 35.3. The Morgan fingerprint density at radius 2 is 1.31 bits per heavy atom. The van der Waals surface area contributed by atoms with Crippen molar-refractivity contribution in [2.75, 3.05) is 60.6 Å². The Kier molecular flexibility index (Phi) is 11.4. The molecule has 0 atom stereocenters. The number of aromatic nitrogens is 2. The highest BCUT2D eigenvalue weighted by Crippen LogP contribution is 2.41. The Labute approximate surface area is 300 Å². The van der Waals surface area contributed by atoms with E-state index in [2.05, 4.69) is 50.1 Å². The van der Waals surface area contributed by atoms with Gasteiger partial charge in [0.15, 0.2) is 23.0 Å². The van der Waals surface area contributed by atoms with E-state index >= 15 is 0 Å². The van der Waals surface area contributed by atoms with Crippen molar-refractivity contribution in [1.29, 1.82) is 0 Å². The molecule has 1 aliphatic rings. The Morgan fingerprint density at radius 1 is 0.627 bits per heavy atom. The number of hydrogen-bond donors (Lipinski definition) is 0. The summed E-state index contributed by atoms with van der Waals surface area (Å²) < 4.78 is 33.2. The van der Waals surface area contributed by atoms with Crippen molar-refractivity contribution in [2.24, 2.45) is 0 Å². The quantitative estimate of drug-likeness (QED) is 0.117. The first-order valence-electron chi connectivity index (χ1n) is 17.0. The Balaban J connectivity index is 1.19. The molecule has 2 aromatic heterocycles. The SMILES string of the molecule is COc1ccc(N(Cc2cncc(-c3cc(OC)c(OC)c(OC)c3)c2)C2CCN(Cc3ccnc(-c4ccc(OC)c(OC)c4)c3)CC2)cc1. The number of ether oxygens (including phenoxy) is 6. The van der Waals surface area contributed by atoms with E-state index in [1.165, 1.54) is 5.56 Å². The molecule has 1 fully saturated rings. The van der Waals surface area contributed by atoms with Crippen molar-refractivity contribution >= 4 is 5.69 Å². The van der Waals surface area contributed by atoms with Crippen LogP contribution >= 0.6 is 0 Å². The molecule has 3 heterocycles. The minimum Gasteiger partial charge on any atom is -0.497 e. The highest BCUT2D eigenvalue weighted by atomic mass is 16.5. The van der Waals surface area contributed by atoms with Crippen LogP contribution in [-0.4, -0.2) is 76.7 Å². The van der Waals surface area contributed by atoms with Gasteiger partial charge in [0.2, 0.25) is 5.75 Å². The molecule has 0 amide bonds. The summed E-state index contributed by atoms with van der Waals surface area (Å²) in [6.07, 6.45) is 7.77. The first-order valence-corrected chi connectivity index (χ1v) is 17.0. The van der Waals surface area contributed by atoms with Crippen LogP contribution < -0.4 is 33.3 Å². The number of likely N-dealkylation sites (tertiary alicyclic amines) is 1. The van der Waals surface area contributed by atoms with Crippen LogP contribution in [0.15, 0.2) is 91.4 Å². The molecule has 5 aromatic rings. The van der Waals surface area contributed by atoms with Gasteiger partial charge in [-0.2, -0.15) is 0 Å². The Bertz CT molecular complexity index is 1880. The number of rotatable bonds is 14. The summed E-state index contributed by atoms with van der Waals surface area (Å²) in [5.41, 5.74) is 7.31. The van der Waals surface area contributed by atoms with Crippen molar-refractivity contribution in [3.8, 4) is 56.9 Å². The lowest BCUT2D eigenvalue weighted by Gasteiger charge is -2.40. The summed E-state index contributed by atoms with van der Waals surface area (Å²) in [4.78, 5) is 14.3. The van der Waals surface area contributed by atoms with Gasteiger partial charge in [-0.25, -0.2) is 0 Å². The zero-order chi connectivity index (χ0) is 35.7. The van der Waals surface area contributed by atoms with Gasteiger partial charge in [-0.05, 0) is 102 Å². The summed E-state index contributed by atoms with van der Waals surface area (Å²) in [6, 6.07) is 25.0. The largest absolute Gasteiger partial charge is 0.497 e. The zero-order valence-corrected chi connectivity index (χ0v) is 30.2. The smallest absolute Gasteiger partial charge is 0.203 e. The monoisotopic (exact) mass is 690 g/mol. The van der Waals surface area contributed by atoms with E-state index in [0.717, 1.165) is 71.9 Å². The standard InChI is InChI=1S/C41H46N4O6/c1-46-35-10-8-33(9-11-35)45(27-29-19-32(25-42-24-29)31-22-39(49-4)41(51-6)40(23-31)50-5)34-14-17-44(18-15-34)26-28-13-16-43-36(20-28)30-7-12-37(47-2)38(21-30)48-3/h7-13,16,19-25,34H,14-15,17-18,26-27H2,1-6H3. The maximum absolute atomic E-state index is 5.62. The molecule has 51 heavy (non-hydrogen) atoms. The molecule has 1 saturated heterocycles. The second-order valence-corrected chi connectivity index (χ2v) is 12.4. The number of benzene rings is 3. The fraction of sp³-hybridized carbons (Fsp3) is 0.317. The van der Waals surface area contributed by atoms with Crippen molar-refractivity contribution in [1.82, 2.24) is 14.9 Å². The van der Waals surface area contributed by atoms with E-state index < -0.39 is 0 Å². The molecular formula is C41H46N4O6. The lowest BCUT2D eigenvalue weighted by Crippen LogP contribution is -2.44. The second kappa shape index (κ2) is 16.5. The molecule has 1 aliphatic heterocycles. The molecule has 10 nitrogen and oxygen atoms in total. The highest BCUT2D eigenvalue weighted by molar-refractivity contribution is 5.71. The summed E-state index contributed by atoms with van der Waals surface area (Å²) >= 11 is 0. The molecule has 3 aromatic carbocycles. The minimum atomic E-state index is 0.347. The molecule has 0 aliphatic carbocycles. The average molecular weight is 691 g/mol. The molecular weight excluding hydrogens is 644 g/mol. The van der Waals surface area contributed by atoms with Crippen LogP contribution in [0.25, 0.3) is 22.4 Å². The van der Waals surface area contributed by atoms with Gasteiger partial charge < -0.3 is 33.3 Å². The molecule has 0 unspecified atom stereocenters. The maximum Gasteiger partial charge on any atom is 0.203 e.